The molecule has 3 aliphatic rings. The van der Waals surface area contributed by atoms with Crippen LogP contribution < -0.4 is 0 Å². The molecule has 4 heteroatoms. The van der Waals surface area contributed by atoms with Crippen molar-refractivity contribution in [1.29, 1.82) is 0 Å². The Hall–Kier alpha value is -1.00. The zero-order valence-electron chi connectivity index (χ0n) is 15.8. The van der Waals surface area contributed by atoms with Gasteiger partial charge in [0.15, 0.2) is 0 Å². The van der Waals surface area contributed by atoms with Crippen LogP contribution in [0.15, 0.2) is 35.5 Å². The van der Waals surface area contributed by atoms with Crippen LogP contribution in [0.25, 0.3) is 0 Å². The molecule has 5 atom stereocenters. The minimum absolute atomic E-state index is 0.0236. The predicted molar refractivity (Wildman–Crippen MR) is 100.0 cm³/mol. The molecule has 0 amide bonds. The van der Waals surface area contributed by atoms with Gasteiger partial charge in [0.2, 0.25) is 6.43 Å². The van der Waals surface area contributed by atoms with Crippen molar-refractivity contribution in [3.8, 4) is 0 Å². The first-order chi connectivity index (χ1) is 12.3. The van der Waals surface area contributed by atoms with E-state index >= 15 is 0 Å². The van der Waals surface area contributed by atoms with Crippen LogP contribution in [0, 0.1) is 17.3 Å². The highest BCUT2D eigenvalue weighted by Gasteiger charge is 2.48. The fourth-order valence-electron chi connectivity index (χ4n) is 5.57. The zero-order chi connectivity index (χ0) is 18.9. The Bertz CT molecular complexity index is 579. The first kappa shape index (κ1) is 19.8. The number of hydrogen-bond acceptors (Lipinski definition) is 2. The van der Waals surface area contributed by atoms with E-state index in [1.807, 2.05) is 0 Å². The van der Waals surface area contributed by atoms with Gasteiger partial charge in [0.05, 0.1) is 12.2 Å². The van der Waals surface area contributed by atoms with E-state index in [2.05, 4.69) is 25.7 Å². The van der Waals surface area contributed by atoms with Gasteiger partial charge < -0.3 is 10.2 Å². The fraction of sp³-hybridized carbons (Fsp3) is 0.727. The number of rotatable bonds is 4. The van der Waals surface area contributed by atoms with Crippen molar-refractivity contribution >= 4 is 0 Å². The second-order valence-corrected chi connectivity index (χ2v) is 8.74. The number of halogens is 2. The molecule has 2 N–H and O–H groups in total. The average molecular weight is 366 g/mol. The summed E-state index contributed by atoms with van der Waals surface area (Å²) in [7, 11) is 0. The molecule has 3 aliphatic carbocycles. The molecule has 146 valence electrons. The summed E-state index contributed by atoms with van der Waals surface area (Å²) in [6.07, 6.45) is 7.98. The lowest BCUT2D eigenvalue weighted by Crippen LogP contribution is -2.33. The average Bonchev–Trinajstić information content (AvgIpc) is 2.92. The Balaban J connectivity index is 1.72. The van der Waals surface area contributed by atoms with Crippen LogP contribution in [-0.4, -0.2) is 28.8 Å². The smallest absolute Gasteiger partial charge is 0.238 e. The molecule has 0 aromatic heterocycles. The highest BCUT2D eigenvalue weighted by atomic mass is 19.3. The zero-order valence-corrected chi connectivity index (χ0v) is 15.8. The second kappa shape index (κ2) is 7.93. The van der Waals surface area contributed by atoms with Crippen molar-refractivity contribution in [2.45, 2.75) is 83.3 Å². The highest BCUT2D eigenvalue weighted by molar-refractivity contribution is 5.29. The molecule has 0 spiro atoms. The van der Waals surface area contributed by atoms with E-state index in [4.69, 9.17) is 0 Å². The lowest BCUT2D eigenvalue weighted by Gasteiger charge is -2.42. The molecule has 0 aromatic rings. The lowest BCUT2D eigenvalue weighted by atomic mass is 9.62. The summed E-state index contributed by atoms with van der Waals surface area (Å²) in [5.41, 5.74) is 3.15. The van der Waals surface area contributed by atoms with Gasteiger partial charge in [-0.25, -0.2) is 8.78 Å². The van der Waals surface area contributed by atoms with Gasteiger partial charge in [-0.1, -0.05) is 36.8 Å². The molecule has 3 saturated carbocycles. The molecule has 0 aliphatic heterocycles. The summed E-state index contributed by atoms with van der Waals surface area (Å²) in [4.78, 5) is 0. The van der Waals surface area contributed by atoms with E-state index in [1.54, 1.807) is 0 Å². The van der Waals surface area contributed by atoms with Crippen molar-refractivity contribution in [3.05, 3.63) is 35.5 Å². The Kier molecular flexibility index (Phi) is 6.03. The molecular weight excluding hydrogens is 334 g/mol. The molecule has 0 heterocycles. The summed E-state index contributed by atoms with van der Waals surface area (Å²) < 4.78 is 25.3. The van der Waals surface area contributed by atoms with Gasteiger partial charge in [-0.2, -0.15) is 0 Å². The van der Waals surface area contributed by atoms with Crippen LogP contribution in [0.1, 0.15) is 64.7 Å². The summed E-state index contributed by atoms with van der Waals surface area (Å²) in [6, 6.07) is 0. The highest BCUT2D eigenvalue weighted by Crippen LogP contribution is 2.58. The van der Waals surface area contributed by atoms with E-state index in [9.17, 15) is 19.0 Å². The van der Waals surface area contributed by atoms with Crippen LogP contribution in [0.2, 0.25) is 0 Å². The number of aliphatic hydroxyl groups is 2. The third-order valence-corrected chi connectivity index (χ3v) is 7.19. The van der Waals surface area contributed by atoms with E-state index in [-0.39, 0.29) is 11.8 Å². The molecule has 2 unspecified atom stereocenters. The number of hydrogen-bond donors (Lipinski definition) is 2. The number of aliphatic hydroxyl groups excluding tert-OH is 2. The van der Waals surface area contributed by atoms with Gasteiger partial charge in [-0.05, 0) is 74.2 Å². The van der Waals surface area contributed by atoms with Crippen molar-refractivity contribution in [1.82, 2.24) is 0 Å². The molecule has 0 aromatic carbocycles. The maximum atomic E-state index is 12.7. The number of fused-ring (bicyclic) bond motifs is 1. The molecule has 0 radical (unpaired) electrons. The minimum Gasteiger partial charge on any atom is -0.388 e. The number of alkyl halides is 2. The molecular formula is C22H32F2O2. The van der Waals surface area contributed by atoms with Crippen LogP contribution in [0.5, 0.6) is 0 Å². The Morgan fingerprint density at radius 1 is 1.19 bits per heavy atom. The maximum Gasteiger partial charge on any atom is 0.238 e. The van der Waals surface area contributed by atoms with Crippen molar-refractivity contribution in [2.75, 3.05) is 0 Å². The normalized spacial score (nSPS) is 39.5. The summed E-state index contributed by atoms with van der Waals surface area (Å²) in [6.45, 7) is 6.06. The summed E-state index contributed by atoms with van der Waals surface area (Å²) >= 11 is 0. The predicted octanol–water partition coefficient (Wildman–Crippen LogP) is 5.17. The largest absolute Gasteiger partial charge is 0.388 e. The van der Waals surface area contributed by atoms with Gasteiger partial charge >= 0.3 is 0 Å². The van der Waals surface area contributed by atoms with E-state index in [0.717, 1.165) is 37.7 Å². The van der Waals surface area contributed by atoms with Crippen LogP contribution in [0.4, 0.5) is 8.78 Å². The van der Waals surface area contributed by atoms with Crippen LogP contribution in [0.3, 0.4) is 0 Å². The van der Waals surface area contributed by atoms with E-state index < -0.39 is 18.6 Å². The third kappa shape index (κ3) is 3.96. The molecule has 3 rings (SSSR count). The topological polar surface area (TPSA) is 40.5 Å². The lowest BCUT2D eigenvalue weighted by molar-refractivity contribution is 0.0894. The maximum absolute atomic E-state index is 12.7. The van der Waals surface area contributed by atoms with Gasteiger partial charge in [0.25, 0.3) is 0 Å². The second-order valence-electron chi connectivity index (χ2n) is 8.74. The van der Waals surface area contributed by atoms with Gasteiger partial charge in [-0.3, -0.25) is 0 Å². The van der Waals surface area contributed by atoms with E-state index in [1.165, 1.54) is 5.57 Å². The quantitative estimate of drug-likeness (QED) is 0.674. The fourth-order valence-corrected chi connectivity index (χ4v) is 5.57. The molecule has 2 nitrogen and oxygen atoms in total. The first-order valence-corrected chi connectivity index (χ1v) is 10.0. The Labute approximate surface area is 155 Å². The molecule has 0 saturated heterocycles. The van der Waals surface area contributed by atoms with E-state index in [0.29, 0.717) is 36.7 Å². The van der Waals surface area contributed by atoms with Gasteiger partial charge in [0.1, 0.15) is 0 Å². The molecule has 0 bridgehead atoms. The molecule has 3 fully saturated rings. The monoisotopic (exact) mass is 366 g/mol. The van der Waals surface area contributed by atoms with Crippen molar-refractivity contribution in [2.24, 2.45) is 17.3 Å². The Morgan fingerprint density at radius 3 is 2.54 bits per heavy atom. The van der Waals surface area contributed by atoms with Gasteiger partial charge in [0, 0.05) is 6.42 Å². The number of allylic oxidation sites excluding steroid dienone is 3. The summed E-state index contributed by atoms with van der Waals surface area (Å²) in [5, 5.41) is 20.0. The standard InChI is InChI=1S/C22H32F2O2/c1-14-19(25)12-15(13-20(14)26)5-6-16-4-3-11-22(2)17(7-9-18(16)22)8-10-21(23)24/h5-6,17-21,25-26H,1,3-4,7-13H2,2H3/b16-6+/t17?,18?,19-,20-,22-/m1/s1. The van der Waals surface area contributed by atoms with Gasteiger partial charge in [-0.15, -0.1) is 0 Å². The first-order valence-electron chi connectivity index (χ1n) is 10.0. The van der Waals surface area contributed by atoms with Crippen molar-refractivity contribution < 1.29 is 19.0 Å². The summed E-state index contributed by atoms with van der Waals surface area (Å²) in [5.74, 6) is 0.892. The minimum atomic E-state index is -2.19. The molecule has 26 heavy (non-hydrogen) atoms. The van der Waals surface area contributed by atoms with Crippen LogP contribution >= 0.6 is 0 Å². The van der Waals surface area contributed by atoms with Crippen LogP contribution in [-0.2, 0) is 0 Å². The SMILES string of the molecule is C=C1[C@H](O)CC(=C/C=C2\CCC[C@]3(C)C(CCC(F)F)CCC23)C[C@H]1O. The third-order valence-electron chi connectivity index (χ3n) is 7.19. The van der Waals surface area contributed by atoms with Crippen molar-refractivity contribution in [3.63, 3.8) is 0 Å². The Morgan fingerprint density at radius 2 is 1.88 bits per heavy atom.